The zero-order chi connectivity index (χ0) is 16.5. The molecule has 2 atom stereocenters. The van der Waals surface area contributed by atoms with Crippen LogP contribution in [-0.2, 0) is 11.3 Å². The van der Waals surface area contributed by atoms with Crippen LogP contribution in [0.15, 0.2) is 36.7 Å². The topological polar surface area (TPSA) is 47.4 Å². The number of nitrogens with zero attached hydrogens (tertiary/aromatic N) is 3. The molecule has 1 saturated carbocycles. The molecule has 1 aliphatic carbocycles. The first-order chi connectivity index (χ1) is 11.7. The molecule has 24 heavy (non-hydrogen) atoms. The predicted molar refractivity (Wildman–Crippen MR) is 91.2 cm³/mol. The van der Waals surface area contributed by atoms with Crippen LogP contribution >= 0.6 is 11.6 Å². The van der Waals surface area contributed by atoms with Crippen LogP contribution in [0.3, 0.4) is 0 Å². The van der Waals surface area contributed by atoms with E-state index < -0.39 is 0 Å². The monoisotopic (exact) mass is 345 g/mol. The van der Waals surface area contributed by atoms with Gasteiger partial charge in [0.25, 0.3) is 5.91 Å². The molecule has 0 unspecified atom stereocenters. The lowest BCUT2D eigenvalue weighted by molar-refractivity contribution is -0.0445. The van der Waals surface area contributed by atoms with Crippen LogP contribution in [0.1, 0.15) is 35.2 Å². The first-order valence-corrected chi connectivity index (χ1v) is 8.78. The van der Waals surface area contributed by atoms with Gasteiger partial charge in [0.15, 0.2) is 0 Å². The van der Waals surface area contributed by atoms with Crippen molar-refractivity contribution in [2.24, 2.45) is 0 Å². The summed E-state index contributed by atoms with van der Waals surface area (Å²) in [6, 6.07) is 7.90. The Balaban J connectivity index is 1.50. The van der Waals surface area contributed by atoms with Crippen molar-refractivity contribution in [3.8, 4) is 0 Å². The van der Waals surface area contributed by atoms with E-state index in [1.165, 1.54) is 0 Å². The average molecular weight is 346 g/mol. The van der Waals surface area contributed by atoms with Crippen LogP contribution in [0.4, 0.5) is 0 Å². The maximum atomic E-state index is 12.9. The average Bonchev–Trinajstić information content (AvgIpc) is 3.25. The molecule has 2 aromatic rings. The Bertz CT molecular complexity index is 745. The number of morpholine rings is 1. The summed E-state index contributed by atoms with van der Waals surface area (Å²) >= 11 is 6.20. The molecule has 2 aliphatic rings. The summed E-state index contributed by atoms with van der Waals surface area (Å²) in [6.07, 6.45) is 6.89. The Morgan fingerprint density at radius 3 is 3.08 bits per heavy atom. The second-order valence-corrected chi connectivity index (χ2v) is 6.83. The van der Waals surface area contributed by atoms with Crippen molar-refractivity contribution in [1.29, 1.82) is 0 Å². The zero-order valence-corrected chi connectivity index (χ0v) is 14.2. The van der Waals surface area contributed by atoms with Crippen molar-refractivity contribution in [2.45, 2.75) is 38.0 Å². The lowest BCUT2D eigenvalue weighted by Crippen LogP contribution is -2.51. The SMILES string of the molecule is O=C(c1cnn(Cc2ccccc2Cl)c1)N1CCO[C@@H]2CCC[C@@H]21. The minimum atomic E-state index is 0.0561. The van der Waals surface area contributed by atoms with Crippen LogP contribution in [0.25, 0.3) is 0 Å². The molecule has 2 fully saturated rings. The summed E-state index contributed by atoms with van der Waals surface area (Å²) in [5.41, 5.74) is 1.62. The number of rotatable bonds is 3. The van der Waals surface area contributed by atoms with Crippen LogP contribution in [0.2, 0.25) is 5.02 Å². The van der Waals surface area contributed by atoms with Crippen LogP contribution in [0, 0.1) is 0 Å². The molecule has 0 radical (unpaired) electrons. The van der Waals surface area contributed by atoms with Crippen LogP contribution in [0.5, 0.6) is 0 Å². The van der Waals surface area contributed by atoms with Gasteiger partial charge in [-0.25, -0.2) is 0 Å². The molecule has 4 rings (SSSR count). The van der Waals surface area contributed by atoms with Crippen molar-refractivity contribution in [1.82, 2.24) is 14.7 Å². The van der Waals surface area contributed by atoms with Crippen LogP contribution in [-0.4, -0.2) is 45.9 Å². The Morgan fingerprint density at radius 1 is 1.33 bits per heavy atom. The summed E-state index contributed by atoms with van der Waals surface area (Å²) < 4.78 is 7.55. The van der Waals surface area contributed by atoms with Crippen molar-refractivity contribution in [3.05, 3.63) is 52.8 Å². The number of aromatic nitrogens is 2. The smallest absolute Gasteiger partial charge is 0.257 e. The van der Waals surface area contributed by atoms with E-state index in [4.69, 9.17) is 16.3 Å². The van der Waals surface area contributed by atoms with Gasteiger partial charge >= 0.3 is 0 Å². The van der Waals surface area contributed by atoms with E-state index in [1.54, 1.807) is 10.9 Å². The van der Waals surface area contributed by atoms with Crippen molar-refractivity contribution >= 4 is 17.5 Å². The second-order valence-electron chi connectivity index (χ2n) is 6.42. The molecule has 1 aromatic carbocycles. The van der Waals surface area contributed by atoms with E-state index >= 15 is 0 Å². The van der Waals surface area contributed by atoms with Gasteiger partial charge in [-0.15, -0.1) is 0 Å². The number of hydrogen-bond acceptors (Lipinski definition) is 3. The van der Waals surface area contributed by atoms with Gasteiger partial charge in [-0.1, -0.05) is 29.8 Å². The Hall–Kier alpha value is -1.85. The Kier molecular flexibility index (Phi) is 4.29. The van der Waals surface area contributed by atoms with Gasteiger partial charge in [0.2, 0.25) is 0 Å². The van der Waals surface area contributed by atoms with Gasteiger partial charge in [0.05, 0.1) is 37.1 Å². The number of carbonyl (C=O) groups excluding carboxylic acids is 1. The molecule has 1 aromatic heterocycles. The first-order valence-electron chi connectivity index (χ1n) is 8.41. The quantitative estimate of drug-likeness (QED) is 0.859. The third-order valence-electron chi connectivity index (χ3n) is 4.91. The molecular weight excluding hydrogens is 326 g/mol. The number of halogens is 1. The number of amides is 1. The van der Waals surface area contributed by atoms with Gasteiger partial charge in [-0.05, 0) is 30.9 Å². The molecule has 1 amide bonds. The maximum Gasteiger partial charge on any atom is 0.257 e. The lowest BCUT2D eigenvalue weighted by atomic mass is 10.1. The summed E-state index contributed by atoms with van der Waals surface area (Å²) in [7, 11) is 0. The number of benzene rings is 1. The molecule has 126 valence electrons. The molecule has 6 heteroatoms. The Labute approximate surface area is 146 Å². The summed E-state index contributed by atoms with van der Waals surface area (Å²) in [5.74, 6) is 0.0561. The third-order valence-corrected chi connectivity index (χ3v) is 5.28. The Morgan fingerprint density at radius 2 is 2.21 bits per heavy atom. The fourth-order valence-electron chi connectivity index (χ4n) is 3.71. The van der Waals surface area contributed by atoms with Crippen molar-refractivity contribution in [3.63, 3.8) is 0 Å². The third kappa shape index (κ3) is 2.94. The van der Waals surface area contributed by atoms with Gasteiger partial charge in [-0.2, -0.15) is 5.10 Å². The molecule has 5 nitrogen and oxygen atoms in total. The fourth-order valence-corrected chi connectivity index (χ4v) is 3.90. The van der Waals surface area contributed by atoms with Gasteiger partial charge in [0.1, 0.15) is 0 Å². The maximum absolute atomic E-state index is 12.9. The predicted octanol–water partition coefficient (Wildman–Crippen LogP) is 2.98. The minimum Gasteiger partial charge on any atom is -0.374 e. The van der Waals surface area contributed by atoms with E-state index in [-0.39, 0.29) is 18.1 Å². The second kappa shape index (κ2) is 6.57. The van der Waals surface area contributed by atoms with E-state index in [1.807, 2.05) is 35.4 Å². The molecule has 0 N–H and O–H groups in total. The molecule has 1 saturated heterocycles. The molecular formula is C18H20ClN3O2. The highest BCUT2D eigenvalue weighted by atomic mass is 35.5. The number of ether oxygens (including phenoxy) is 1. The highest BCUT2D eigenvalue weighted by molar-refractivity contribution is 6.31. The molecule has 1 aliphatic heterocycles. The number of fused-ring (bicyclic) bond motifs is 1. The standard InChI is InChI=1S/C18H20ClN3O2/c19-15-5-2-1-4-13(15)11-21-12-14(10-20-21)18(23)22-8-9-24-17-7-3-6-16(17)22/h1-2,4-5,10,12,16-17H,3,6-9,11H2/t16-,17+/m0/s1. The van der Waals surface area contributed by atoms with E-state index in [2.05, 4.69) is 5.10 Å². The van der Waals surface area contributed by atoms with Gasteiger partial charge in [0, 0.05) is 17.8 Å². The summed E-state index contributed by atoms with van der Waals surface area (Å²) in [6.45, 7) is 1.85. The summed E-state index contributed by atoms with van der Waals surface area (Å²) in [4.78, 5) is 14.8. The minimum absolute atomic E-state index is 0.0561. The van der Waals surface area contributed by atoms with Crippen LogP contribution < -0.4 is 0 Å². The van der Waals surface area contributed by atoms with Crippen molar-refractivity contribution < 1.29 is 9.53 Å². The zero-order valence-electron chi connectivity index (χ0n) is 13.4. The molecule has 0 spiro atoms. The largest absolute Gasteiger partial charge is 0.374 e. The number of carbonyl (C=O) groups is 1. The van der Waals surface area contributed by atoms with Gasteiger partial charge < -0.3 is 9.64 Å². The van der Waals surface area contributed by atoms with E-state index in [0.717, 1.165) is 24.8 Å². The summed E-state index contributed by atoms with van der Waals surface area (Å²) in [5, 5.41) is 5.04. The fraction of sp³-hybridized carbons (Fsp3) is 0.444. The normalized spacial score (nSPS) is 23.3. The van der Waals surface area contributed by atoms with Crippen molar-refractivity contribution in [2.75, 3.05) is 13.2 Å². The molecule has 0 bridgehead atoms. The first kappa shape index (κ1) is 15.7. The van der Waals surface area contributed by atoms with Gasteiger partial charge in [-0.3, -0.25) is 9.48 Å². The molecule has 2 heterocycles. The number of hydrogen-bond donors (Lipinski definition) is 0. The van der Waals surface area contributed by atoms with E-state index in [0.29, 0.717) is 30.3 Å². The highest BCUT2D eigenvalue weighted by Gasteiger charge is 2.38. The highest BCUT2D eigenvalue weighted by Crippen LogP contribution is 2.30. The van der Waals surface area contributed by atoms with E-state index in [9.17, 15) is 4.79 Å². The lowest BCUT2D eigenvalue weighted by Gasteiger charge is -2.37.